The van der Waals surface area contributed by atoms with E-state index >= 15 is 0 Å². The molecule has 2 bridgehead atoms. The molecule has 0 N–H and O–H groups in total. The molecular weight excluding hydrogens is 483 g/mol. The first-order chi connectivity index (χ1) is 13.0. The van der Waals surface area contributed by atoms with Crippen LogP contribution in [0, 0.1) is 5.92 Å². The lowest BCUT2D eigenvalue weighted by atomic mass is 9.87. The summed E-state index contributed by atoms with van der Waals surface area (Å²) in [4.78, 5) is 11.5. The van der Waals surface area contributed by atoms with Crippen molar-refractivity contribution in [3.05, 3.63) is 10.1 Å². The number of hydrogen-bond donors (Lipinski definition) is 0. The maximum atomic E-state index is 11.9. The third kappa shape index (κ3) is 4.44. The number of allylic oxidation sites excluding steroid dienone is 2. The van der Waals surface area contributed by atoms with Crippen molar-refractivity contribution >= 4 is 75.5 Å². The maximum absolute atomic E-state index is 11.9. The topological polar surface area (TPSA) is 20.3 Å². The zero-order valence-electron chi connectivity index (χ0n) is 16.5. The minimum absolute atomic E-state index is 0.00314. The third-order valence-electron chi connectivity index (χ3n) is 6.08. The molecule has 2 rings (SSSR count). The molecule has 0 spiro atoms. The molecule has 0 aromatic heterocycles. The fourth-order valence-electron chi connectivity index (χ4n) is 4.36. The van der Waals surface area contributed by atoms with Crippen LogP contribution >= 0.6 is 69.6 Å². The second-order valence-electron chi connectivity index (χ2n) is 8.09. The molecule has 0 aromatic rings. The van der Waals surface area contributed by atoms with E-state index in [9.17, 15) is 4.79 Å². The smallest absolute Gasteiger partial charge is 0.222 e. The fraction of sp³-hybridized carbons (Fsp3) is 0.850. The minimum atomic E-state index is -1.40. The number of carbonyl (C=O) groups excluding carboxylic acids is 1. The van der Waals surface area contributed by atoms with Gasteiger partial charge >= 0.3 is 0 Å². The van der Waals surface area contributed by atoms with Crippen molar-refractivity contribution in [2.24, 2.45) is 5.92 Å². The minimum Gasteiger partial charge on any atom is -0.346 e. The molecule has 0 aromatic carbocycles. The van der Waals surface area contributed by atoms with Crippen molar-refractivity contribution in [3.8, 4) is 0 Å². The van der Waals surface area contributed by atoms with Crippen LogP contribution in [0.2, 0.25) is 0 Å². The Morgan fingerprint density at radius 1 is 1.00 bits per heavy atom. The van der Waals surface area contributed by atoms with Crippen molar-refractivity contribution in [1.29, 1.82) is 0 Å². The quantitative estimate of drug-likeness (QED) is 0.204. The van der Waals surface area contributed by atoms with E-state index in [-0.39, 0.29) is 16.9 Å². The second kappa shape index (κ2) is 10.0. The number of rotatable bonds is 11. The van der Waals surface area contributed by atoms with Gasteiger partial charge in [0.25, 0.3) is 0 Å². The van der Waals surface area contributed by atoms with Gasteiger partial charge in [0.15, 0.2) is 4.33 Å². The van der Waals surface area contributed by atoms with Gasteiger partial charge in [-0.2, -0.15) is 0 Å². The Bertz CT molecular complexity index is 610. The summed E-state index contributed by atoms with van der Waals surface area (Å²) in [7, 11) is 1.88. The van der Waals surface area contributed by atoms with Gasteiger partial charge in [-0.25, -0.2) is 0 Å². The number of carbonyl (C=O) groups is 1. The lowest BCUT2D eigenvalue weighted by Crippen LogP contribution is -2.44. The SMILES string of the molecule is CCCN(C)C(=O)CCCCCCCC[C@@H]1C[C@@]2(Cl)C(Cl)=C(Cl)[C@]1(Cl)C2(Cl)Cl. The maximum Gasteiger partial charge on any atom is 0.222 e. The average Bonchev–Trinajstić information content (AvgIpc) is 2.86. The molecular formula is C20H29Cl6NO. The van der Waals surface area contributed by atoms with Gasteiger partial charge in [-0.05, 0) is 31.6 Å². The first-order valence-electron chi connectivity index (χ1n) is 10.1. The molecule has 2 aliphatic rings. The molecule has 8 heteroatoms. The highest BCUT2D eigenvalue weighted by molar-refractivity contribution is 6.65. The molecule has 0 heterocycles. The number of fused-ring (bicyclic) bond motifs is 2. The highest BCUT2D eigenvalue weighted by Gasteiger charge is 2.77. The van der Waals surface area contributed by atoms with Gasteiger partial charge < -0.3 is 4.90 Å². The highest BCUT2D eigenvalue weighted by Crippen LogP contribution is 2.74. The van der Waals surface area contributed by atoms with Gasteiger partial charge in [-0.3, -0.25) is 4.79 Å². The van der Waals surface area contributed by atoms with Crippen LogP contribution in [0.4, 0.5) is 0 Å². The largest absolute Gasteiger partial charge is 0.346 e. The second-order valence-corrected chi connectivity index (χ2v) is 11.4. The van der Waals surface area contributed by atoms with Crippen LogP contribution in [0.15, 0.2) is 10.1 Å². The Morgan fingerprint density at radius 3 is 2.11 bits per heavy atom. The molecule has 28 heavy (non-hydrogen) atoms. The molecule has 1 fully saturated rings. The van der Waals surface area contributed by atoms with Gasteiger partial charge in [0.05, 0.1) is 10.1 Å². The van der Waals surface area contributed by atoms with Crippen molar-refractivity contribution < 1.29 is 4.79 Å². The number of halogens is 6. The van der Waals surface area contributed by atoms with Crippen molar-refractivity contribution in [2.45, 2.75) is 85.2 Å². The van der Waals surface area contributed by atoms with E-state index in [1.54, 1.807) is 0 Å². The van der Waals surface area contributed by atoms with Gasteiger partial charge in [0, 0.05) is 20.0 Å². The zero-order valence-corrected chi connectivity index (χ0v) is 21.0. The number of amides is 1. The monoisotopic (exact) mass is 509 g/mol. The van der Waals surface area contributed by atoms with Crippen molar-refractivity contribution in [3.63, 3.8) is 0 Å². The Balaban J connectivity index is 1.66. The van der Waals surface area contributed by atoms with Gasteiger partial charge in [-0.15, -0.1) is 23.2 Å². The molecule has 0 radical (unpaired) electrons. The van der Waals surface area contributed by atoms with Crippen molar-refractivity contribution in [1.82, 2.24) is 4.90 Å². The van der Waals surface area contributed by atoms with E-state index in [0.29, 0.717) is 17.9 Å². The number of nitrogens with zero attached hydrogens (tertiary/aromatic N) is 1. The van der Waals surface area contributed by atoms with Crippen LogP contribution in [0.25, 0.3) is 0 Å². The van der Waals surface area contributed by atoms with E-state index in [4.69, 9.17) is 69.6 Å². The van der Waals surface area contributed by atoms with E-state index in [0.717, 1.165) is 57.9 Å². The number of alkyl halides is 4. The summed E-state index contributed by atoms with van der Waals surface area (Å²) in [5.74, 6) is 0.248. The Morgan fingerprint density at radius 2 is 1.57 bits per heavy atom. The normalized spacial score (nSPS) is 30.9. The van der Waals surface area contributed by atoms with Gasteiger partial charge in [-0.1, -0.05) is 85.4 Å². The van der Waals surface area contributed by atoms with E-state index < -0.39 is 14.1 Å². The average molecular weight is 512 g/mol. The highest BCUT2D eigenvalue weighted by atomic mass is 35.5. The molecule has 0 saturated heterocycles. The van der Waals surface area contributed by atoms with Crippen LogP contribution in [0.1, 0.15) is 71.1 Å². The molecule has 2 nitrogen and oxygen atoms in total. The fourth-order valence-corrected chi connectivity index (χ4v) is 7.23. The van der Waals surface area contributed by atoms with Gasteiger partial charge in [0.2, 0.25) is 5.91 Å². The molecule has 1 saturated carbocycles. The standard InChI is InChI=1S/C20H29Cl6NO/c1-3-12-27(2)15(28)11-9-7-5-4-6-8-10-14-13-18(23)16(21)17(22)19(14,24)20(18,25)26/h14H,3-13H2,1-2H3/t14-,18-,19+/m1/s1. The Labute approximate surface area is 199 Å². The third-order valence-corrected chi connectivity index (χ3v) is 10.4. The summed E-state index contributed by atoms with van der Waals surface area (Å²) in [6.45, 7) is 2.92. The van der Waals surface area contributed by atoms with E-state index in [1.165, 1.54) is 0 Å². The first-order valence-corrected chi connectivity index (χ1v) is 12.4. The lowest BCUT2D eigenvalue weighted by Gasteiger charge is -2.33. The lowest BCUT2D eigenvalue weighted by molar-refractivity contribution is -0.130. The van der Waals surface area contributed by atoms with Crippen molar-refractivity contribution in [2.75, 3.05) is 13.6 Å². The molecule has 0 unspecified atom stereocenters. The van der Waals surface area contributed by atoms with E-state index in [1.807, 2.05) is 11.9 Å². The van der Waals surface area contributed by atoms with Crippen LogP contribution in [0.5, 0.6) is 0 Å². The molecule has 3 atom stereocenters. The summed E-state index contributed by atoms with van der Waals surface area (Å²) in [5, 5.41) is 0.580. The zero-order chi connectivity index (χ0) is 21.2. The summed E-state index contributed by atoms with van der Waals surface area (Å²) >= 11 is 39.1. The molecule has 2 aliphatic carbocycles. The van der Waals surface area contributed by atoms with Crippen LogP contribution in [-0.2, 0) is 4.79 Å². The van der Waals surface area contributed by atoms with Crippen LogP contribution in [-0.4, -0.2) is 38.5 Å². The Kier molecular flexibility index (Phi) is 9.05. The summed E-state index contributed by atoms with van der Waals surface area (Å²) in [6, 6.07) is 0. The number of unbranched alkanes of at least 4 members (excludes halogenated alkanes) is 5. The van der Waals surface area contributed by atoms with Gasteiger partial charge in [0.1, 0.15) is 9.75 Å². The summed E-state index contributed by atoms with van der Waals surface area (Å²) in [6.07, 6.45) is 9.43. The summed E-state index contributed by atoms with van der Waals surface area (Å²) < 4.78 is -1.40. The molecule has 162 valence electrons. The summed E-state index contributed by atoms with van der Waals surface area (Å²) in [5.41, 5.74) is 0. The molecule has 0 aliphatic heterocycles. The van der Waals surface area contributed by atoms with Crippen LogP contribution < -0.4 is 0 Å². The first kappa shape index (κ1) is 25.2. The molecule has 1 amide bonds. The number of hydrogen-bond acceptors (Lipinski definition) is 1. The predicted octanol–water partition coefficient (Wildman–Crippen LogP) is 7.83. The Hall–Kier alpha value is 0.950. The van der Waals surface area contributed by atoms with Crippen LogP contribution in [0.3, 0.4) is 0 Å². The van der Waals surface area contributed by atoms with E-state index in [2.05, 4.69) is 6.92 Å². The predicted molar refractivity (Wildman–Crippen MR) is 123 cm³/mol.